The SMILES string of the molecule is C#CC(CCC)Nc1nc(C(=O)OC)ccc1[N+](=O)[O-]. The van der Waals surface area contributed by atoms with Crippen LogP contribution in [0.25, 0.3) is 0 Å². The molecular weight excluding hydrogens is 262 g/mol. The molecule has 7 nitrogen and oxygen atoms in total. The number of methoxy groups -OCH3 is 1. The third kappa shape index (κ3) is 3.68. The van der Waals surface area contributed by atoms with Gasteiger partial charge in [-0.15, -0.1) is 6.42 Å². The van der Waals surface area contributed by atoms with E-state index in [2.05, 4.69) is 21.0 Å². The van der Waals surface area contributed by atoms with Crippen molar-refractivity contribution >= 4 is 17.5 Å². The van der Waals surface area contributed by atoms with Gasteiger partial charge in [0.1, 0.15) is 0 Å². The third-order valence-electron chi connectivity index (χ3n) is 2.55. The second-order valence-corrected chi connectivity index (χ2v) is 3.97. The molecule has 1 aromatic heterocycles. The summed E-state index contributed by atoms with van der Waals surface area (Å²) in [6.45, 7) is 1.94. The molecule has 0 aliphatic rings. The number of aromatic nitrogens is 1. The summed E-state index contributed by atoms with van der Waals surface area (Å²) < 4.78 is 4.53. The smallest absolute Gasteiger partial charge is 0.356 e. The van der Waals surface area contributed by atoms with Crippen molar-refractivity contribution in [2.24, 2.45) is 0 Å². The van der Waals surface area contributed by atoms with Gasteiger partial charge in [-0.3, -0.25) is 10.1 Å². The van der Waals surface area contributed by atoms with Gasteiger partial charge in [0.05, 0.1) is 18.1 Å². The van der Waals surface area contributed by atoms with Crippen molar-refractivity contribution in [3.05, 3.63) is 27.9 Å². The van der Waals surface area contributed by atoms with E-state index in [-0.39, 0.29) is 23.2 Å². The Morgan fingerprint density at radius 1 is 1.65 bits per heavy atom. The molecule has 0 aliphatic carbocycles. The summed E-state index contributed by atoms with van der Waals surface area (Å²) in [4.78, 5) is 25.7. The lowest BCUT2D eigenvalue weighted by Crippen LogP contribution is -2.19. The van der Waals surface area contributed by atoms with Crippen LogP contribution in [0.1, 0.15) is 30.3 Å². The maximum absolute atomic E-state index is 11.4. The number of rotatable bonds is 6. The lowest BCUT2D eigenvalue weighted by atomic mass is 10.2. The normalized spacial score (nSPS) is 11.2. The highest BCUT2D eigenvalue weighted by Gasteiger charge is 2.20. The standard InChI is InChI=1S/C13H15N3O4/c1-4-6-9(5-2)14-12-11(16(18)19)8-7-10(15-12)13(17)20-3/h2,7-9H,4,6H2,1,3H3,(H,14,15). The number of pyridine rings is 1. The van der Waals surface area contributed by atoms with Crippen LogP contribution >= 0.6 is 0 Å². The van der Waals surface area contributed by atoms with Gasteiger partial charge < -0.3 is 10.1 Å². The second kappa shape index (κ2) is 7.09. The molecule has 1 rings (SSSR count). The zero-order valence-corrected chi connectivity index (χ0v) is 11.3. The zero-order valence-electron chi connectivity index (χ0n) is 11.3. The summed E-state index contributed by atoms with van der Waals surface area (Å²) in [6, 6.07) is 2.04. The highest BCUT2D eigenvalue weighted by molar-refractivity contribution is 5.88. The number of carbonyl (C=O) groups excluding carboxylic acids is 1. The molecule has 1 atom stereocenters. The molecule has 1 N–H and O–H groups in total. The molecule has 0 radical (unpaired) electrons. The van der Waals surface area contributed by atoms with E-state index in [9.17, 15) is 14.9 Å². The van der Waals surface area contributed by atoms with Gasteiger partial charge in [0.25, 0.3) is 0 Å². The molecule has 0 aromatic carbocycles. The summed E-state index contributed by atoms with van der Waals surface area (Å²) in [5.41, 5.74) is -0.262. The van der Waals surface area contributed by atoms with E-state index in [1.165, 1.54) is 19.2 Å². The van der Waals surface area contributed by atoms with Crippen LogP contribution in [0.5, 0.6) is 0 Å². The van der Waals surface area contributed by atoms with E-state index in [4.69, 9.17) is 6.42 Å². The van der Waals surface area contributed by atoms with Crippen LogP contribution in [-0.4, -0.2) is 29.0 Å². The number of nitro groups is 1. The van der Waals surface area contributed by atoms with Crippen molar-refractivity contribution in [3.63, 3.8) is 0 Å². The number of hydrogen-bond donors (Lipinski definition) is 1. The lowest BCUT2D eigenvalue weighted by Gasteiger charge is -2.13. The Morgan fingerprint density at radius 2 is 2.35 bits per heavy atom. The third-order valence-corrected chi connectivity index (χ3v) is 2.55. The van der Waals surface area contributed by atoms with E-state index in [1.807, 2.05) is 6.92 Å². The van der Waals surface area contributed by atoms with Crippen LogP contribution in [0, 0.1) is 22.5 Å². The second-order valence-electron chi connectivity index (χ2n) is 3.97. The van der Waals surface area contributed by atoms with Crippen LogP contribution in [0.3, 0.4) is 0 Å². The molecule has 0 amide bonds. The molecule has 0 fully saturated rings. The summed E-state index contributed by atoms with van der Waals surface area (Å²) >= 11 is 0. The lowest BCUT2D eigenvalue weighted by molar-refractivity contribution is -0.384. The van der Waals surface area contributed by atoms with Gasteiger partial charge in [-0.05, 0) is 12.5 Å². The minimum Gasteiger partial charge on any atom is -0.464 e. The van der Waals surface area contributed by atoms with Gasteiger partial charge in [-0.2, -0.15) is 0 Å². The maximum atomic E-state index is 11.4. The first kappa shape index (κ1) is 15.4. The zero-order chi connectivity index (χ0) is 15.1. The Balaban J connectivity index is 3.15. The van der Waals surface area contributed by atoms with E-state index in [0.29, 0.717) is 6.42 Å². The van der Waals surface area contributed by atoms with E-state index in [1.54, 1.807) is 0 Å². The number of esters is 1. The molecule has 0 saturated carbocycles. The van der Waals surface area contributed by atoms with E-state index < -0.39 is 10.9 Å². The van der Waals surface area contributed by atoms with Crippen LogP contribution in [0.2, 0.25) is 0 Å². The Kier molecular flexibility index (Phi) is 5.47. The van der Waals surface area contributed by atoms with Crippen molar-refractivity contribution in [2.75, 3.05) is 12.4 Å². The molecule has 0 saturated heterocycles. The topological polar surface area (TPSA) is 94.4 Å². The quantitative estimate of drug-likeness (QED) is 0.370. The molecule has 20 heavy (non-hydrogen) atoms. The highest BCUT2D eigenvalue weighted by atomic mass is 16.6. The monoisotopic (exact) mass is 277 g/mol. The Labute approximate surface area is 116 Å². The van der Waals surface area contributed by atoms with Gasteiger partial charge in [0.15, 0.2) is 5.69 Å². The summed E-state index contributed by atoms with van der Waals surface area (Å²) in [5, 5.41) is 13.8. The minimum absolute atomic E-state index is 0.0205. The first-order chi connectivity index (χ1) is 9.53. The van der Waals surface area contributed by atoms with Gasteiger partial charge in [-0.1, -0.05) is 19.3 Å². The van der Waals surface area contributed by atoms with Crippen molar-refractivity contribution < 1.29 is 14.5 Å². The molecule has 0 spiro atoms. The predicted molar refractivity (Wildman–Crippen MR) is 73.4 cm³/mol. The number of nitrogens with one attached hydrogen (secondary N) is 1. The van der Waals surface area contributed by atoms with Gasteiger partial charge in [0.2, 0.25) is 5.82 Å². The maximum Gasteiger partial charge on any atom is 0.356 e. The van der Waals surface area contributed by atoms with Crippen molar-refractivity contribution in [3.8, 4) is 12.3 Å². The molecule has 0 bridgehead atoms. The summed E-state index contributed by atoms with van der Waals surface area (Å²) in [6.07, 6.45) is 6.80. The fraction of sp³-hybridized carbons (Fsp3) is 0.385. The van der Waals surface area contributed by atoms with Crippen molar-refractivity contribution in [1.29, 1.82) is 0 Å². The Morgan fingerprint density at radius 3 is 2.85 bits per heavy atom. The van der Waals surface area contributed by atoms with Crippen LogP contribution in [-0.2, 0) is 4.74 Å². The van der Waals surface area contributed by atoms with Crippen LogP contribution < -0.4 is 5.32 Å². The van der Waals surface area contributed by atoms with Gasteiger partial charge >= 0.3 is 11.7 Å². The van der Waals surface area contributed by atoms with E-state index >= 15 is 0 Å². The first-order valence-corrected chi connectivity index (χ1v) is 5.99. The predicted octanol–water partition coefficient (Wildman–Crippen LogP) is 1.99. The average molecular weight is 277 g/mol. The molecule has 0 aliphatic heterocycles. The van der Waals surface area contributed by atoms with Gasteiger partial charge in [-0.25, -0.2) is 9.78 Å². The minimum atomic E-state index is -0.671. The van der Waals surface area contributed by atoms with Crippen LogP contribution in [0.4, 0.5) is 11.5 Å². The number of carbonyl (C=O) groups is 1. The summed E-state index contributed by atoms with van der Waals surface area (Å²) in [5.74, 6) is 1.79. The molecule has 1 heterocycles. The fourth-order valence-electron chi connectivity index (χ4n) is 1.57. The molecule has 106 valence electrons. The number of nitrogens with zero attached hydrogens (tertiary/aromatic N) is 2. The molecule has 1 aromatic rings. The number of terminal acetylenes is 1. The summed E-state index contributed by atoms with van der Waals surface area (Å²) in [7, 11) is 1.21. The fourth-order valence-corrected chi connectivity index (χ4v) is 1.57. The van der Waals surface area contributed by atoms with Gasteiger partial charge in [0, 0.05) is 6.07 Å². The molecular formula is C13H15N3O4. The largest absolute Gasteiger partial charge is 0.464 e. The van der Waals surface area contributed by atoms with E-state index in [0.717, 1.165) is 6.42 Å². The average Bonchev–Trinajstić information content (AvgIpc) is 2.45. The molecule has 1 unspecified atom stereocenters. The van der Waals surface area contributed by atoms with Crippen molar-refractivity contribution in [1.82, 2.24) is 4.98 Å². The van der Waals surface area contributed by atoms with Crippen LogP contribution in [0.15, 0.2) is 12.1 Å². The number of anilines is 1. The molecule has 7 heteroatoms. The Bertz CT molecular complexity index is 551. The Hall–Kier alpha value is -2.62. The highest BCUT2D eigenvalue weighted by Crippen LogP contribution is 2.23. The first-order valence-electron chi connectivity index (χ1n) is 5.99. The number of hydrogen-bond acceptors (Lipinski definition) is 6. The number of ether oxygens (including phenoxy) is 1. The van der Waals surface area contributed by atoms with Crippen molar-refractivity contribution in [2.45, 2.75) is 25.8 Å².